The molecule has 38 heavy (non-hydrogen) atoms. The molecule has 196 valence electrons. The van der Waals surface area contributed by atoms with Gasteiger partial charge in [0.1, 0.15) is 11.5 Å². The van der Waals surface area contributed by atoms with E-state index in [2.05, 4.69) is 29.4 Å². The number of hydrogen-bond acceptors (Lipinski definition) is 4. The van der Waals surface area contributed by atoms with Gasteiger partial charge in [-0.15, -0.1) is 0 Å². The molecule has 1 atom stereocenters. The Bertz CT molecular complexity index is 1450. The molecule has 0 saturated heterocycles. The molecule has 0 radical (unpaired) electrons. The number of benzene rings is 3. The van der Waals surface area contributed by atoms with Crippen molar-refractivity contribution >= 4 is 5.78 Å². The number of ketones is 1. The molecule has 6 heteroatoms. The van der Waals surface area contributed by atoms with Crippen LogP contribution in [0.3, 0.4) is 0 Å². The number of nitrogens with zero attached hydrogens (tertiary/aromatic N) is 2. The second-order valence-electron chi connectivity index (χ2n) is 10.7. The number of hydrogen-bond donors (Lipinski definition) is 2. The Kier molecular flexibility index (Phi) is 7.28. The second-order valence-corrected chi connectivity index (χ2v) is 10.7. The Morgan fingerprint density at radius 1 is 1.03 bits per heavy atom. The summed E-state index contributed by atoms with van der Waals surface area (Å²) in [6, 6.07) is 22.6. The fourth-order valence-electron chi connectivity index (χ4n) is 5.11. The molecule has 1 fully saturated rings. The van der Waals surface area contributed by atoms with Gasteiger partial charge in [-0.05, 0) is 79.1 Å². The lowest BCUT2D eigenvalue weighted by atomic mass is 9.78. The molecule has 4 aromatic rings. The molecule has 1 aliphatic carbocycles. The van der Waals surface area contributed by atoms with Crippen molar-refractivity contribution in [3.63, 3.8) is 0 Å². The third-order valence-electron chi connectivity index (χ3n) is 7.63. The molecular weight excluding hydrogens is 475 g/mol. The monoisotopic (exact) mass is 510 g/mol. The summed E-state index contributed by atoms with van der Waals surface area (Å²) in [5.74, 6) is 0.0883. The fourth-order valence-corrected chi connectivity index (χ4v) is 5.11. The molecular formula is C32H35FN4O. The zero-order valence-electron chi connectivity index (χ0n) is 22.1. The predicted octanol–water partition coefficient (Wildman–Crippen LogP) is 5.90. The highest BCUT2D eigenvalue weighted by atomic mass is 19.1. The zero-order chi connectivity index (χ0) is 26.9. The lowest BCUT2D eigenvalue weighted by molar-refractivity contribution is 0.0984. The first kappa shape index (κ1) is 26.0. The minimum atomic E-state index is -0.761. The molecule has 1 heterocycles. The third kappa shape index (κ3) is 5.47. The molecule has 1 aromatic heterocycles. The van der Waals surface area contributed by atoms with E-state index >= 15 is 4.39 Å². The summed E-state index contributed by atoms with van der Waals surface area (Å²) < 4.78 is 16.7. The molecule has 0 aliphatic heterocycles. The van der Waals surface area contributed by atoms with E-state index in [0.29, 0.717) is 29.4 Å². The first-order chi connectivity index (χ1) is 18.3. The first-order valence-electron chi connectivity index (χ1n) is 13.3. The number of aryl methyl sites for hydroxylation is 2. The van der Waals surface area contributed by atoms with Crippen LogP contribution < -0.4 is 11.5 Å². The molecule has 3 aromatic carbocycles. The van der Waals surface area contributed by atoms with Crippen LogP contribution in [0.5, 0.6) is 0 Å². The molecule has 1 saturated carbocycles. The quantitative estimate of drug-likeness (QED) is 0.260. The number of nitrogens with two attached hydrogens (primary N) is 2. The SMILES string of the molecule is Cc1ccc(C(N)(CCC2CC2)c2ccc(F)c(CC(=O)c3cc(C)nn3-c3cccc(CN)c3)c2)cc1. The van der Waals surface area contributed by atoms with Crippen molar-refractivity contribution in [3.8, 4) is 5.69 Å². The van der Waals surface area contributed by atoms with E-state index in [-0.39, 0.29) is 12.2 Å². The largest absolute Gasteiger partial charge is 0.326 e. The van der Waals surface area contributed by atoms with Crippen LogP contribution in [0, 0.1) is 25.6 Å². The normalized spacial score (nSPS) is 14.9. The van der Waals surface area contributed by atoms with Gasteiger partial charge < -0.3 is 11.5 Å². The molecule has 1 unspecified atom stereocenters. The topological polar surface area (TPSA) is 86.9 Å². The van der Waals surface area contributed by atoms with E-state index in [0.717, 1.165) is 40.8 Å². The highest BCUT2D eigenvalue weighted by Gasteiger charge is 2.33. The summed E-state index contributed by atoms with van der Waals surface area (Å²) in [6.45, 7) is 4.27. The maximum Gasteiger partial charge on any atom is 0.185 e. The van der Waals surface area contributed by atoms with Crippen molar-refractivity contribution in [1.82, 2.24) is 9.78 Å². The maximum atomic E-state index is 15.1. The number of carbonyl (C=O) groups is 1. The number of Topliss-reactive ketones (excluding diaryl/α,β-unsaturated/α-hetero) is 1. The van der Waals surface area contributed by atoms with Gasteiger partial charge in [-0.3, -0.25) is 4.79 Å². The van der Waals surface area contributed by atoms with Gasteiger partial charge in [0.05, 0.1) is 16.9 Å². The van der Waals surface area contributed by atoms with Crippen molar-refractivity contribution in [3.05, 3.63) is 118 Å². The maximum absolute atomic E-state index is 15.1. The smallest absolute Gasteiger partial charge is 0.185 e. The Labute approximate surface area is 223 Å². The van der Waals surface area contributed by atoms with E-state index in [1.54, 1.807) is 22.9 Å². The third-order valence-corrected chi connectivity index (χ3v) is 7.63. The molecule has 0 spiro atoms. The summed E-state index contributed by atoms with van der Waals surface area (Å²) in [7, 11) is 0. The Morgan fingerprint density at radius 3 is 2.47 bits per heavy atom. The Morgan fingerprint density at radius 2 is 1.76 bits per heavy atom. The summed E-state index contributed by atoms with van der Waals surface area (Å²) >= 11 is 0. The summed E-state index contributed by atoms with van der Waals surface area (Å²) in [5, 5.41) is 4.53. The average molecular weight is 511 g/mol. The fraction of sp³-hybridized carbons (Fsp3) is 0.312. The summed E-state index contributed by atoms with van der Waals surface area (Å²) in [5.41, 5.74) is 18.3. The molecule has 0 amide bonds. The van der Waals surface area contributed by atoms with Crippen LogP contribution in [-0.4, -0.2) is 15.6 Å². The van der Waals surface area contributed by atoms with E-state index in [4.69, 9.17) is 11.5 Å². The molecule has 4 N–H and O–H groups in total. The van der Waals surface area contributed by atoms with E-state index in [1.165, 1.54) is 18.9 Å². The Balaban J connectivity index is 1.47. The van der Waals surface area contributed by atoms with Gasteiger partial charge in [0.2, 0.25) is 0 Å². The standard InChI is InChI=1S/C32H35FN4O/c1-21-6-10-26(11-7-21)32(35,15-14-23-8-9-23)27-12-13-29(33)25(18-27)19-31(38)30-16-22(2)36-37(30)28-5-3-4-24(17-28)20-34/h3-7,10-13,16-18,23H,8-9,14-15,19-20,34-35H2,1-2H3. The minimum Gasteiger partial charge on any atom is -0.326 e. The van der Waals surface area contributed by atoms with Gasteiger partial charge >= 0.3 is 0 Å². The Hall–Kier alpha value is -3.61. The predicted molar refractivity (Wildman–Crippen MR) is 149 cm³/mol. The molecule has 0 bridgehead atoms. The number of carbonyl (C=O) groups excluding carboxylic acids is 1. The minimum absolute atomic E-state index is 0.0893. The first-order valence-corrected chi connectivity index (χ1v) is 13.3. The van der Waals surface area contributed by atoms with E-state index < -0.39 is 11.4 Å². The zero-order valence-corrected chi connectivity index (χ0v) is 22.1. The van der Waals surface area contributed by atoms with Crippen LogP contribution in [0.1, 0.15) is 69.7 Å². The van der Waals surface area contributed by atoms with E-state index in [9.17, 15) is 4.79 Å². The van der Waals surface area contributed by atoms with Gasteiger partial charge in [0.15, 0.2) is 5.78 Å². The molecule has 5 nitrogen and oxygen atoms in total. The van der Waals surface area contributed by atoms with Crippen molar-refractivity contribution in [2.75, 3.05) is 0 Å². The van der Waals surface area contributed by atoms with Gasteiger partial charge in [-0.1, -0.05) is 66.9 Å². The van der Waals surface area contributed by atoms with Crippen LogP contribution in [0.4, 0.5) is 4.39 Å². The average Bonchev–Trinajstić information content (AvgIpc) is 3.67. The van der Waals surface area contributed by atoms with Gasteiger partial charge in [-0.25, -0.2) is 9.07 Å². The number of aromatic nitrogens is 2. The molecule has 1 aliphatic rings. The molecule has 5 rings (SSSR count). The van der Waals surface area contributed by atoms with Crippen LogP contribution >= 0.6 is 0 Å². The van der Waals surface area contributed by atoms with Crippen LogP contribution in [0.2, 0.25) is 0 Å². The summed E-state index contributed by atoms with van der Waals surface area (Å²) in [6.07, 6.45) is 4.19. The van der Waals surface area contributed by atoms with Crippen LogP contribution in [-0.2, 0) is 18.5 Å². The number of halogens is 1. The lowest BCUT2D eigenvalue weighted by Crippen LogP contribution is -2.38. The van der Waals surface area contributed by atoms with Crippen molar-refractivity contribution in [2.24, 2.45) is 17.4 Å². The van der Waals surface area contributed by atoms with Crippen LogP contribution in [0.15, 0.2) is 72.8 Å². The van der Waals surface area contributed by atoms with Crippen molar-refractivity contribution in [2.45, 2.75) is 58.0 Å². The van der Waals surface area contributed by atoms with Gasteiger partial charge in [0, 0.05) is 13.0 Å². The van der Waals surface area contributed by atoms with E-state index in [1.807, 2.05) is 38.1 Å². The summed E-state index contributed by atoms with van der Waals surface area (Å²) in [4.78, 5) is 13.5. The van der Waals surface area contributed by atoms with Crippen molar-refractivity contribution < 1.29 is 9.18 Å². The highest BCUT2D eigenvalue weighted by Crippen LogP contribution is 2.40. The lowest BCUT2D eigenvalue weighted by Gasteiger charge is -2.32. The van der Waals surface area contributed by atoms with Gasteiger partial charge in [0.25, 0.3) is 0 Å². The highest BCUT2D eigenvalue weighted by molar-refractivity contribution is 5.96. The van der Waals surface area contributed by atoms with Gasteiger partial charge in [-0.2, -0.15) is 5.10 Å². The second kappa shape index (κ2) is 10.6. The van der Waals surface area contributed by atoms with Crippen LogP contribution in [0.25, 0.3) is 5.69 Å². The van der Waals surface area contributed by atoms with Crippen molar-refractivity contribution in [1.29, 1.82) is 0 Å². The number of rotatable bonds is 10.